The first-order valence-electron chi connectivity index (χ1n) is 6.61. The number of hydrogen-bond donors (Lipinski definition) is 1. The van der Waals surface area contributed by atoms with Gasteiger partial charge >= 0.3 is 0 Å². The van der Waals surface area contributed by atoms with Crippen LogP contribution in [0.4, 0.5) is 10.1 Å². The molecule has 1 atom stereocenters. The van der Waals surface area contributed by atoms with Crippen LogP contribution < -0.4 is 10.1 Å². The van der Waals surface area contributed by atoms with Gasteiger partial charge < -0.3 is 10.1 Å². The minimum absolute atomic E-state index is 0.0869. The second kappa shape index (κ2) is 5.33. The fraction of sp³-hybridized carbons (Fsp3) is 0.250. The minimum atomic E-state index is -0.331. The van der Waals surface area contributed by atoms with Crippen LogP contribution in [0.25, 0.3) is 0 Å². The molecule has 0 aliphatic carbocycles. The van der Waals surface area contributed by atoms with Gasteiger partial charge in [0.15, 0.2) is 0 Å². The third kappa shape index (κ3) is 2.59. The zero-order chi connectivity index (χ0) is 14.1. The highest BCUT2D eigenvalue weighted by Gasteiger charge is 2.15. The van der Waals surface area contributed by atoms with Crippen LogP contribution in [-0.4, -0.2) is 6.61 Å². The molecule has 20 heavy (non-hydrogen) atoms. The summed E-state index contributed by atoms with van der Waals surface area (Å²) in [6.07, 6.45) is 0.952. The topological polar surface area (TPSA) is 21.3 Å². The van der Waals surface area contributed by atoms with Gasteiger partial charge in [0, 0.05) is 12.5 Å². The molecule has 1 unspecified atom stereocenters. The molecule has 3 rings (SSSR count). The number of benzene rings is 2. The van der Waals surface area contributed by atoms with Crippen LogP contribution in [0.15, 0.2) is 36.4 Å². The van der Waals surface area contributed by atoms with Crippen molar-refractivity contribution in [1.82, 2.24) is 0 Å². The number of ether oxygens (including phenoxy) is 1. The second-order valence-corrected chi connectivity index (χ2v) is 5.36. The van der Waals surface area contributed by atoms with E-state index in [-0.39, 0.29) is 11.9 Å². The molecule has 0 radical (unpaired) electrons. The highest BCUT2D eigenvalue weighted by molar-refractivity contribution is 6.33. The van der Waals surface area contributed by atoms with Crippen molar-refractivity contribution in [3.63, 3.8) is 0 Å². The molecule has 4 heteroatoms. The first kappa shape index (κ1) is 13.3. The largest absolute Gasteiger partial charge is 0.493 e. The first-order chi connectivity index (χ1) is 9.63. The smallest absolute Gasteiger partial charge is 0.124 e. The van der Waals surface area contributed by atoms with Crippen LogP contribution in [0, 0.1) is 5.82 Å². The van der Waals surface area contributed by atoms with Gasteiger partial charge in [-0.1, -0.05) is 17.7 Å². The number of rotatable bonds is 3. The molecule has 0 spiro atoms. The summed E-state index contributed by atoms with van der Waals surface area (Å²) < 4.78 is 18.5. The lowest BCUT2D eigenvalue weighted by Gasteiger charge is -2.17. The fourth-order valence-electron chi connectivity index (χ4n) is 2.40. The lowest BCUT2D eigenvalue weighted by atomic mass is 10.0. The standard InChI is InChI=1S/C16H15ClFNO/c1-10(19-15-4-3-13(18)9-14(15)17)11-2-5-16-12(8-11)6-7-20-16/h2-5,8-10,19H,6-7H2,1H3. The number of hydrogen-bond acceptors (Lipinski definition) is 2. The first-order valence-corrected chi connectivity index (χ1v) is 6.98. The molecule has 2 nitrogen and oxygen atoms in total. The van der Waals surface area contributed by atoms with Gasteiger partial charge in [-0.2, -0.15) is 0 Å². The Morgan fingerprint density at radius 2 is 2.10 bits per heavy atom. The maximum atomic E-state index is 13.0. The summed E-state index contributed by atoms with van der Waals surface area (Å²) in [5.41, 5.74) is 3.13. The number of anilines is 1. The quantitative estimate of drug-likeness (QED) is 0.893. The summed E-state index contributed by atoms with van der Waals surface area (Å²) in [5, 5.41) is 3.70. The van der Waals surface area contributed by atoms with Crippen molar-refractivity contribution in [2.45, 2.75) is 19.4 Å². The van der Waals surface area contributed by atoms with Gasteiger partial charge in [0.25, 0.3) is 0 Å². The normalized spacial score (nSPS) is 14.6. The van der Waals surface area contributed by atoms with Gasteiger partial charge in [-0.25, -0.2) is 4.39 Å². The number of nitrogens with one attached hydrogen (secondary N) is 1. The van der Waals surface area contributed by atoms with E-state index in [9.17, 15) is 4.39 Å². The maximum absolute atomic E-state index is 13.0. The molecule has 0 bridgehead atoms. The van der Waals surface area contributed by atoms with E-state index in [4.69, 9.17) is 16.3 Å². The van der Waals surface area contributed by atoms with E-state index in [0.29, 0.717) is 5.02 Å². The molecule has 0 amide bonds. The van der Waals surface area contributed by atoms with Gasteiger partial charge in [0.05, 0.1) is 17.3 Å². The Balaban J connectivity index is 1.80. The molecule has 2 aromatic carbocycles. The Bertz CT molecular complexity index is 644. The molecule has 1 heterocycles. The SMILES string of the molecule is CC(Nc1ccc(F)cc1Cl)c1ccc2c(c1)CCO2. The summed E-state index contributed by atoms with van der Waals surface area (Å²) >= 11 is 6.03. The van der Waals surface area contributed by atoms with E-state index in [2.05, 4.69) is 18.3 Å². The fourth-order valence-corrected chi connectivity index (χ4v) is 2.62. The molecular weight excluding hydrogens is 277 g/mol. The molecule has 2 aromatic rings. The van der Waals surface area contributed by atoms with Crippen molar-refractivity contribution < 1.29 is 9.13 Å². The van der Waals surface area contributed by atoms with Gasteiger partial charge in [-0.05, 0) is 48.4 Å². The lowest BCUT2D eigenvalue weighted by Crippen LogP contribution is -2.07. The highest BCUT2D eigenvalue weighted by atomic mass is 35.5. The van der Waals surface area contributed by atoms with Crippen molar-refractivity contribution in [1.29, 1.82) is 0 Å². The van der Waals surface area contributed by atoms with Gasteiger partial charge in [0.1, 0.15) is 11.6 Å². The number of halogens is 2. The average Bonchev–Trinajstić information content (AvgIpc) is 2.89. The highest BCUT2D eigenvalue weighted by Crippen LogP contribution is 2.31. The predicted octanol–water partition coefficient (Wildman–Crippen LogP) is 4.59. The van der Waals surface area contributed by atoms with Gasteiger partial charge in [-0.15, -0.1) is 0 Å². The van der Waals surface area contributed by atoms with Crippen LogP contribution in [0.3, 0.4) is 0 Å². The van der Waals surface area contributed by atoms with Gasteiger partial charge in [-0.3, -0.25) is 0 Å². The van der Waals surface area contributed by atoms with Crippen LogP contribution >= 0.6 is 11.6 Å². The summed E-state index contributed by atoms with van der Waals surface area (Å²) in [6.45, 7) is 2.81. The molecule has 1 aliphatic heterocycles. The van der Waals surface area contributed by atoms with E-state index in [0.717, 1.165) is 30.0 Å². The van der Waals surface area contributed by atoms with Gasteiger partial charge in [0.2, 0.25) is 0 Å². The molecule has 0 aromatic heterocycles. The van der Waals surface area contributed by atoms with Crippen molar-refractivity contribution in [3.8, 4) is 5.75 Å². The Labute approximate surface area is 122 Å². The average molecular weight is 292 g/mol. The van der Waals surface area contributed by atoms with Crippen molar-refractivity contribution in [3.05, 3.63) is 58.4 Å². The van der Waals surface area contributed by atoms with Crippen molar-refractivity contribution in [2.75, 3.05) is 11.9 Å². The Kier molecular flexibility index (Phi) is 3.53. The molecular formula is C16H15ClFNO. The molecule has 0 fully saturated rings. The zero-order valence-electron chi connectivity index (χ0n) is 11.1. The second-order valence-electron chi connectivity index (χ2n) is 4.96. The van der Waals surface area contributed by atoms with Crippen LogP contribution in [0.2, 0.25) is 5.02 Å². The number of fused-ring (bicyclic) bond motifs is 1. The van der Waals surface area contributed by atoms with E-state index < -0.39 is 0 Å². The van der Waals surface area contributed by atoms with E-state index in [1.54, 1.807) is 6.07 Å². The lowest BCUT2D eigenvalue weighted by molar-refractivity contribution is 0.357. The van der Waals surface area contributed by atoms with E-state index >= 15 is 0 Å². The molecule has 104 valence electrons. The molecule has 1 N–H and O–H groups in total. The third-order valence-electron chi connectivity index (χ3n) is 3.52. The molecule has 1 aliphatic rings. The molecule has 0 saturated heterocycles. The maximum Gasteiger partial charge on any atom is 0.124 e. The predicted molar refractivity (Wildman–Crippen MR) is 79.1 cm³/mol. The van der Waals surface area contributed by atoms with Crippen molar-refractivity contribution in [2.24, 2.45) is 0 Å². The van der Waals surface area contributed by atoms with Crippen LogP contribution in [0.1, 0.15) is 24.1 Å². The summed E-state index contributed by atoms with van der Waals surface area (Å²) in [7, 11) is 0. The molecule has 0 saturated carbocycles. The summed E-state index contributed by atoms with van der Waals surface area (Å²) in [5.74, 6) is 0.642. The summed E-state index contributed by atoms with van der Waals surface area (Å²) in [4.78, 5) is 0. The third-order valence-corrected chi connectivity index (χ3v) is 3.83. The monoisotopic (exact) mass is 291 g/mol. The summed E-state index contributed by atoms with van der Waals surface area (Å²) in [6, 6.07) is 10.7. The van der Waals surface area contributed by atoms with Crippen LogP contribution in [-0.2, 0) is 6.42 Å². The zero-order valence-corrected chi connectivity index (χ0v) is 11.9. The van der Waals surface area contributed by atoms with Crippen molar-refractivity contribution >= 4 is 17.3 Å². The Morgan fingerprint density at radius 3 is 2.90 bits per heavy atom. The van der Waals surface area contributed by atoms with Crippen LogP contribution in [0.5, 0.6) is 5.75 Å². The Morgan fingerprint density at radius 1 is 1.25 bits per heavy atom. The minimum Gasteiger partial charge on any atom is -0.493 e. The van der Waals surface area contributed by atoms with E-state index in [1.807, 2.05) is 12.1 Å². The van der Waals surface area contributed by atoms with E-state index in [1.165, 1.54) is 17.7 Å². The Hall–Kier alpha value is -1.74.